The van der Waals surface area contributed by atoms with Gasteiger partial charge in [0.1, 0.15) is 5.69 Å². The van der Waals surface area contributed by atoms with Crippen LogP contribution in [0.4, 0.5) is 0 Å². The first-order chi connectivity index (χ1) is 7.16. The molecule has 0 fully saturated rings. The van der Waals surface area contributed by atoms with Crippen molar-refractivity contribution in [3.05, 3.63) is 28.5 Å². The topological polar surface area (TPSA) is 64.7 Å². The maximum Gasteiger partial charge on any atom is 0.167 e. The van der Waals surface area contributed by atoms with E-state index in [1.54, 1.807) is 6.20 Å². The van der Waals surface area contributed by atoms with E-state index in [0.29, 0.717) is 5.82 Å². The molecule has 78 valence electrons. The van der Waals surface area contributed by atoms with Crippen molar-refractivity contribution in [2.75, 3.05) is 0 Å². The van der Waals surface area contributed by atoms with Gasteiger partial charge in [-0.2, -0.15) is 0 Å². The molecule has 0 aliphatic carbocycles. The van der Waals surface area contributed by atoms with Crippen LogP contribution >= 0.6 is 22.9 Å². The van der Waals surface area contributed by atoms with Crippen molar-refractivity contribution in [1.82, 2.24) is 15.2 Å². The Morgan fingerprint density at radius 2 is 2.20 bits per heavy atom. The van der Waals surface area contributed by atoms with E-state index in [4.69, 9.17) is 17.3 Å². The van der Waals surface area contributed by atoms with E-state index in [2.05, 4.69) is 15.2 Å². The van der Waals surface area contributed by atoms with Crippen molar-refractivity contribution in [3.8, 4) is 10.6 Å². The number of hydrogen-bond donors (Lipinski definition) is 1. The summed E-state index contributed by atoms with van der Waals surface area (Å²) in [7, 11) is 0. The Labute approximate surface area is 96.1 Å². The molecule has 0 amide bonds. The van der Waals surface area contributed by atoms with Crippen LogP contribution in [0.15, 0.2) is 18.3 Å². The van der Waals surface area contributed by atoms with Gasteiger partial charge < -0.3 is 5.73 Å². The Hall–Kier alpha value is -1.04. The van der Waals surface area contributed by atoms with Crippen LogP contribution in [-0.2, 0) is 0 Å². The smallest absolute Gasteiger partial charge is 0.167 e. The molecule has 0 aliphatic heterocycles. The molecule has 2 rings (SSSR count). The molecule has 0 spiro atoms. The van der Waals surface area contributed by atoms with Gasteiger partial charge in [-0.25, -0.2) is 4.98 Å². The minimum absolute atomic E-state index is 0.196. The van der Waals surface area contributed by atoms with Gasteiger partial charge in [0.25, 0.3) is 0 Å². The summed E-state index contributed by atoms with van der Waals surface area (Å²) in [6.07, 6.45) is 1.66. The molecule has 0 saturated carbocycles. The quantitative estimate of drug-likeness (QED) is 0.875. The van der Waals surface area contributed by atoms with Crippen LogP contribution in [-0.4, -0.2) is 15.2 Å². The Morgan fingerprint density at radius 3 is 2.67 bits per heavy atom. The molecule has 15 heavy (non-hydrogen) atoms. The first-order valence-corrected chi connectivity index (χ1v) is 5.57. The van der Waals surface area contributed by atoms with Gasteiger partial charge in [0.05, 0.1) is 21.5 Å². The van der Waals surface area contributed by atoms with Gasteiger partial charge in [0, 0.05) is 0 Å². The maximum absolute atomic E-state index is 5.82. The molecule has 2 N–H and O–H groups in total. The molecule has 0 radical (unpaired) electrons. The molecule has 2 heterocycles. The third-order valence-corrected chi connectivity index (χ3v) is 3.07. The average molecular weight is 241 g/mol. The Morgan fingerprint density at radius 1 is 1.40 bits per heavy atom. The lowest BCUT2D eigenvalue weighted by atomic mass is 10.3. The van der Waals surface area contributed by atoms with Crippen LogP contribution in [0.1, 0.15) is 18.8 Å². The lowest BCUT2D eigenvalue weighted by molar-refractivity contribution is 0.710. The number of hydrogen-bond acceptors (Lipinski definition) is 5. The molecule has 1 atom stereocenters. The van der Waals surface area contributed by atoms with Crippen molar-refractivity contribution >= 4 is 22.9 Å². The highest BCUT2D eigenvalue weighted by atomic mass is 35.5. The van der Waals surface area contributed by atoms with Crippen LogP contribution in [0, 0.1) is 0 Å². The number of rotatable bonds is 2. The number of thiophene rings is 1. The minimum atomic E-state index is -0.196. The van der Waals surface area contributed by atoms with Gasteiger partial charge in [-0.05, 0) is 19.1 Å². The van der Waals surface area contributed by atoms with Gasteiger partial charge in [-0.3, -0.25) is 0 Å². The summed E-state index contributed by atoms with van der Waals surface area (Å²) in [6, 6.07) is 3.52. The van der Waals surface area contributed by atoms with Crippen molar-refractivity contribution in [2.45, 2.75) is 13.0 Å². The Bertz CT molecular complexity index is 451. The first kappa shape index (κ1) is 10.5. The van der Waals surface area contributed by atoms with E-state index in [-0.39, 0.29) is 6.04 Å². The van der Waals surface area contributed by atoms with Crippen LogP contribution in [0.25, 0.3) is 10.6 Å². The normalized spacial score (nSPS) is 12.7. The summed E-state index contributed by atoms with van der Waals surface area (Å²) in [4.78, 5) is 5.08. The number of nitrogens with two attached hydrogens (primary N) is 1. The summed E-state index contributed by atoms with van der Waals surface area (Å²) in [5, 5.41) is 7.98. The molecular formula is C9H9ClN4S. The van der Waals surface area contributed by atoms with E-state index >= 15 is 0 Å². The fraction of sp³-hybridized carbons (Fsp3) is 0.222. The molecular weight excluding hydrogens is 232 g/mol. The lowest BCUT2D eigenvalue weighted by Crippen LogP contribution is -2.10. The monoisotopic (exact) mass is 240 g/mol. The average Bonchev–Trinajstić information content (AvgIpc) is 2.65. The minimum Gasteiger partial charge on any atom is -0.321 e. The van der Waals surface area contributed by atoms with E-state index in [0.717, 1.165) is 14.9 Å². The second kappa shape index (κ2) is 4.22. The Kier molecular flexibility index (Phi) is 2.95. The second-order valence-electron chi connectivity index (χ2n) is 3.09. The third-order valence-electron chi connectivity index (χ3n) is 1.81. The zero-order valence-corrected chi connectivity index (χ0v) is 9.59. The van der Waals surface area contributed by atoms with E-state index in [1.165, 1.54) is 11.3 Å². The van der Waals surface area contributed by atoms with Crippen molar-refractivity contribution in [3.63, 3.8) is 0 Å². The van der Waals surface area contributed by atoms with Crippen LogP contribution in [0.3, 0.4) is 0 Å². The lowest BCUT2D eigenvalue weighted by Gasteiger charge is -2.01. The predicted octanol–water partition coefficient (Wildman–Crippen LogP) is 2.27. The van der Waals surface area contributed by atoms with Gasteiger partial charge >= 0.3 is 0 Å². The van der Waals surface area contributed by atoms with Gasteiger partial charge in [-0.15, -0.1) is 21.5 Å². The molecule has 1 unspecified atom stereocenters. The largest absolute Gasteiger partial charge is 0.321 e. The fourth-order valence-corrected chi connectivity index (χ4v) is 2.05. The first-order valence-electron chi connectivity index (χ1n) is 4.37. The molecule has 6 heteroatoms. The third kappa shape index (κ3) is 2.31. The summed E-state index contributed by atoms with van der Waals surface area (Å²) in [5.41, 5.74) is 6.34. The Balaban J connectivity index is 2.31. The molecule has 2 aromatic heterocycles. The molecule has 2 aromatic rings. The summed E-state index contributed by atoms with van der Waals surface area (Å²) in [6.45, 7) is 1.82. The highest BCUT2D eigenvalue weighted by Gasteiger charge is 2.07. The molecule has 0 saturated heterocycles. The number of aromatic nitrogens is 3. The van der Waals surface area contributed by atoms with Crippen molar-refractivity contribution in [1.29, 1.82) is 0 Å². The number of nitrogens with zero attached hydrogens (tertiary/aromatic N) is 3. The van der Waals surface area contributed by atoms with Crippen molar-refractivity contribution < 1.29 is 0 Å². The standard InChI is InChI=1S/C9H9ClN4S/c1-5(11)9-12-4-6(13-14-9)7-2-3-8(10)15-7/h2-5H,11H2,1H3. The molecule has 0 bridgehead atoms. The zero-order chi connectivity index (χ0) is 10.8. The maximum atomic E-state index is 5.82. The van der Waals surface area contributed by atoms with Crippen LogP contribution < -0.4 is 5.73 Å². The number of halogens is 1. The molecule has 4 nitrogen and oxygen atoms in total. The second-order valence-corrected chi connectivity index (χ2v) is 4.81. The van der Waals surface area contributed by atoms with Gasteiger partial charge in [-0.1, -0.05) is 11.6 Å². The predicted molar refractivity (Wildman–Crippen MR) is 60.8 cm³/mol. The van der Waals surface area contributed by atoms with Crippen LogP contribution in [0.2, 0.25) is 4.34 Å². The summed E-state index contributed by atoms with van der Waals surface area (Å²) in [5.74, 6) is 0.543. The van der Waals surface area contributed by atoms with E-state index in [9.17, 15) is 0 Å². The molecule has 0 aromatic carbocycles. The van der Waals surface area contributed by atoms with E-state index in [1.807, 2.05) is 19.1 Å². The van der Waals surface area contributed by atoms with Crippen molar-refractivity contribution in [2.24, 2.45) is 5.73 Å². The van der Waals surface area contributed by atoms with Gasteiger partial charge in [0.2, 0.25) is 0 Å². The van der Waals surface area contributed by atoms with Gasteiger partial charge in [0.15, 0.2) is 5.82 Å². The SMILES string of the molecule is CC(N)c1ncc(-c2ccc(Cl)s2)nn1. The highest BCUT2D eigenvalue weighted by molar-refractivity contribution is 7.19. The summed E-state index contributed by atoms with van der Waals surface area (Å²) >= 11 is 7.27. The zero-order valence-electron chi connectivity index (χ0n) is 8.01. The van der Waals surface area contributed by atoms with E-state index < -0.39 is 0 Å². The fourth-order valence-electron chi connectivity index (χ4n) is 1.06. The summed E-state index contributed by atoms with van der Waals surface area (Å²) < 4.78 is 0.725. The highest BCUT2D eigenvalue weighted by Crippen LogP contribution is 2.28. The molecule has 0 aliphatic rings. The van der Waals surface area contributed by atoms with Crippen LogP contribution in [0.5, 0.6) is 0 Å².